The van der Waals surface area contributed by atoms with Gasteiger partial charge in [-0.3, -0.25) is 4.79 Å². The number of aliphatic carboxylic acids is 1. The predicted octanol–water partition coefficient (Wildman–Crippen LogP) is 3.57. The molecule has 104 valence electrons. The zero-order valence-corrected chi connectivity index (χ0v) is 12.1. The van der Waals surface area contributed by atoms with Gasteiger partial charge < -0.3 is 9.84 Å². The van der Waals surface area contributed by atoms with E-state index in [1.54, 1.807) is 7.11 Å². The minimum atomic E-state index is -0.688. The van der Waals surface area contributed by atoms with Crippen molar-refractivity contribution >= 4 is 5.97 Å². The molecule has 0 aromatic heterocycles. The number of methoxy groups -OCH3 is 1. The normalized spacial score (nSPS) is 21.8. The second-order valence-electron chi connectivity index (χ2n) is 6.00. The third-order valence-electron chi connectivity index (χ3n) is 4.36. The Hall–Kier alpha value is -1.51. The molecule has 0 saturated carbocycles. The van der Waals surface area contributed by atoms with Crippen molar-refractivity contribution in [1.82, 2.24) is 0 Å². The van der Waals surface area contributed by atoms with Gasteiger partial charge in [0.15, 0.2) is 0 Å². The fourth-order valence-electron chi connectivity index (χ4n) is 3.33. The third kappa shape index (κ3) is 2.34. The Bertz CT molecular complexity index is 491. The number of benzene rings is 1. The highest BCUT2D eigenvalue weighted by Gasteiger charge is 2.42. The van der Waals surface area contributed by atoms with Crippen LogP contribution in [-0.2, 0) is 10.2 Å². The first-order valence-electron chi connectivity index (χ1n) is 6.82. The quantitative estimate of drug-likeness (QED) is 0.902. The molecule has 1 aromatic rings. The van der Waals surface area contributed by atoms with Crippen LogP contribution in [0.4, 0.5) is 0 Å². The van der Waals surface area contributed by atoms with Crippen LogP contribution in [0.3, 0.4) is 0 Å². The van der Waals surface area contributed by atoms with E-state index >= 15 is 0 Å². The maximum Gasteiger partial charge on any atom is 0.307 e. The van der Waals surface area contributed by atoms with Gasteiger partial charge in [-0.15, -0.1) is 0 Å². The van der Waals surface area contributed by atoms with Crippen molar-refractivity contribution in [3.8, 4) is 5.75 Å². The molecule has 0 amide bonds. The van der Waals surface area contributed by atoms with Gasteiger partial charge in [-0.1, -0.05) is 26.8 Å². The molecule has 0 aliphatic heterocycles. The van der Waals surface area contributed by atoms with Crippen molar-refractivity contribution < 1.29 is 14.6 Å². The Morgan fingerprint density at radius 1 is 1.53 bits per heavy atom. The van der Waals surface area contributed by atoms with Crippen LogP contribution < -0.4 is 4.74 Å². The number of hydrogen-bond donors (Lipinski definition) is 1. The number of fused-ring (bicyclic) bond motifs is 1. The van der Waals surface area contributed by atoms with Crippen molar-refractivity contribution in [1.29, 1.82) is 0 Å². The molecule has 1 aromatic carbocycles. The Labute approximate surface area is 114 Å². The molecule has 1 N–H and O–H groups in total. The largest absolute Gasteiger partial charge is 0.497 e. The SMILES string of the molecule is CC[C@H](C(=O)O)[C@@H]1CC(C)(C)c2cc(OC)ccc21. The number of carbonyl (C=O) groups is 1. The summed E-state index contributed by atoms with van der Waals surface area (Å²) >= 11 is 0. The van der Waals surface area contributed by atoms with Crippen molar-refractivity contribution in [2.75, 3.05) is 7.11 Å². The molecular formula is C16H22O3. The second kappa shape index (κ2) is 4.87. The van der Waals surface area contributed by atoms with E-state index in [4.69, 9.17) is 4.74 Å². The van der Waals surface area contributed by atoms with Gasteiger partial charge in [0.05, 0.1) is 13.0 Å². The molecule has 3 heteroatoms. The van der Waals surface area contributed by atoms with Gasteiger partial charge in [-0.25, -0.2) is 0 Å². The molecule has 0 radical (unpaired) electrons. The molecule has 0 heterocycles. The van der Waals surface area contributed by atoms with E-state index in [1.807, 2.05) is 19.1 Å². The van der Waals surface area contributed by atoms with E-state index in [0.29, 0.717) is 6.42 Å². The van der Waals surface area contributed by atoms with Crippen LogP contribution in [0.5, 0.6) is 5.75 Å². The van der Waals surface area contributed by atoms with Gasteiger partial charge in [0, 0.05) is 0 Å². The first kappa shape index (κ1) is 13.9. The van der Waals surface area contributed by atoms with Crippen molar-refractivity contribution in [2.45, 2.75) is 44.9 Å². The molecular weight excluding hydrogens is 240 g/mol. The van der Waals surface area contributed by atoms with Gasteiger partial charge in [0.2, 0.25) is 0 Å². The summed E-state index contributed by atoms with van der Waals surface area (Å²) in [5, 5.41) is 9.41. The van der Waals surface area contributed by atoms with Crippen molar-refractivity contribution in [3.63, 3.8) is 0 Å². The molecule has 0 spiro atoms. The molecule has 1 aliphatic carbocycles. The summed E-state index contributed by atoms with van der Waals surface area (Å²) in [7, 11) is 1.66. The molecule has 0 fully saturated rings. The monoisotopic (exact) mass is 262 g/mol. The maximum absolute atomic E-state index is 11.4. The van der Waals surface area contributed by atoms with E-state index in [-0.39, 0.29) is 17.3 Å². The Morgan fingerprint density at radius 3 is 2.74 bits per heavy atom. The van der Waals surface area contributed by atoms with Crippen LogP contribution in [0.25, 0.3) is 0 Å². The fourth-order valence-corrected chi connectivity index (χ4v) is 3.33. The molecule has 3 nitrogen and oxygen atoms in total. The average molecular weight is 262 g/mol. The highest BCUT2D eigenvalue weighted by Crippen LogP contribution is 2.50. The second-order valence-corrected chi connectivity index (χ2v) is 6.00. The predicted molar refractivity (Wildman–Crippen MR) is 74.8 cm³/mol. The molecule has 0 saturated heterocycles. The third-order valence-corrected chi connectivity index (χ3v) is 4.36. The van der Waals surface area contributed by atoms with E-state index in [2.05, 4.69) is 19.9 Å². The van der Waals surface area contributed by atoms with Crippen molar-refractivity contribution in [2.24, 2.45) is 5.92 Å². The van der Waals surface area contributed by atoms with Crippen LogP contribution in [-0.4, -0.2) is 18.2 Å². The molecule has 1 aliphatic rings. The van der Waals surface area contributed by atoms with Gasteiger partial charge in [-0.2, -0.15) is 0 Å². The number of hydrogen-bond acceptors (Lipinski definition) is 2. The smallest absolute Gasteiger partial charge is 0.307 e. The highest BCUT2D eigenvalue weighted by molar-refractivity contribution is 5.72. The Morgan fingerprint density at radius 2 is 2.21 bits per heavy atom. The number of rotatable bonds is 4. The summed E-state index contributed by atoms with van der Waals surface area (Å²) in [5.41, 5.74) is 2.42. The Balaban J connectivity index is 2.47. The molecule has 19 heavy (non-hydrogen) atoms. The number of ether oxygens (including phenoxy) is 1. The van der Waals surface area contributed by atoms with Crippen LogP contribution in [0, 0.1) is 5.92 Å². The molecule has 2 atom stereocenters. The number of carboxylic acids is 1. The lowest BCUT2D eigenvalue weighted by atomic mass is 9.82. The molecule has 0 bridgehead atoms. The Kier molecular flexibility index (Phi) is 3.57. The van der Waals surface area contributed by atoms with E-state index < -0.39 is 5.97 Å². The summed E-state index contributed by atoms with van der Waals surface area (Å²) < 4.78 is 5.29. The molecule has 2 rings (SSSR count). The maximum atomic E-state index is 11.4. The number of carboxylic acid groups (broad SMARTS) is 1. The summed E-state index contributed by atoms with van der Waals surface area (Å²) in [6.45, 7) is 6.31. The van der Waals surface area contributed by atoms with Crippen LogP contribution in [0.1, 0.15) is 50.7 Å². The average Bonchev–Trinajstić information content (AvgIpc) is 2.62. The van der Waals surface area contributed by atoms with Gasteiger partial charge >= 0.3 is 5.97 Å². The van der Waals surface area contributed by atoms with Crippen molar-refractivity contribution in [3.05, 3.63) is 29.3 Å². The first-order valence-corrected chi connectivity index (χ1v) is 6.82. The minimum Gasteiger partial charge on any atom is -0.497 e. The van der Waals surface area contributed by atoms with E-state index in [9.17, 15) is 9.90 Å². The summed E-state index contributed by atoms with van der Waals surface area (Å²) in [6.07, 6.45) is 1.56. The van der Waals surface area contributed by atoms with E-state index in [1.165, 1.54) is 11.1 Å². The lowest BCUT2D eigenvalue weighted by molar-refractivity contribution is -0.142. The van der Waals surface area contributed by atoms with Crippen LogP contribution in [0.2, 0.25) is 0 Å². The highest BCUT2D eigenvalue weighted by atomic mass is 16.5. The lowest BCUT2D eigenvalue weighted by Crippen LogP contribution is -2.21. The first-order chi connectivity index (χ1) is 8.90. The van der Waals surface area contributed by atoms with Gasteiger partial charge in [-0.05, 0) is 47.4 Å². The molecule has 0 unspecified atom stereocenters. The minimum absolute atomic E-state index is 0.0113. The van der Waals surface area contributed by atoms with Crippen LogP contribution in [0.15, 0.2) is 18.2 Å². The summed E-state index contributed by atoms with van der Waals surface area (Å²) in [4.78, 5) is 11.4. The standard InChI is InChI=1S/C16H22O3/c1-5-11(15(17)18)13-9-16(2,3)14-8-10(19-4)6-7-12(13)14/h6-8,11,13H,5,9H2,1-4H3,(H,17,18)/t11-,13-/m0/s1. The summed E-state index contributed by atoms with van der Waals surface area (Å²) in [6, 6.07) is 6.03. The summed E-state index contributed by atoms with van der Waals surface area (Å²) in [5.74, 6) is -0.0323. The lowest BCUT2D eigenvalue weighted by Gasteiger charge is -2.22. The zero-order valence-electron chi connectivity index (χ0n) is 12.1. The van der Waals surface area contributed by atoms with E-state index in [0.717, 1.165) is 12.2 Å². The fraction of sp³-hybridized carbons (Fsp3) is 0.562. The topological polar surface area (TPSA) is 46.5 Å². The van der Waals surface area contributed by atoms with Gasteiger partial charge in [0.1, 0.15) is 5.75 Å². The van der Waals surface area contributed by atoms with Gasteiger partial charge in [0.25, 0.3) is 0 Å². The van der Waals surface area contributed by atoms with Crippen LogP contribution >= 0.6 is 0 Å². The zero-order chi connectivity index (χ0) is 14.2.